The molecule has 3 aliphatic rings. The van der Waals surface area contributed by atoms with Gasteiger partial charge >= 0.3 is 11.9 Å². The number of fused-ring (bicyclic) bond motifs is 1. The van der Waals surface area contributed by atoms with Gasteiger partial charge in [-0.05, 0) is 52.2 Å². The topological polar surface area (TPSA) is 52.6 Å². The van der Waals surface area contributed by atoms with Crippen molar-refractivity contribution in [2.24, 2.45) is 11.8 Å². The van der Waals surface area contributed by atoms with Gasteiger partial charge in [-0.2, -0.15) is 0 Å². The highest BCUT2D eigenvalue weighted by Crippen LogP contribution is 2.59. The second-order valence-corrected chi connectivity index (χ2v) is 11.7. The molecule has 37 heavy (non-hydrogen) atoms. The van der Waals surface area contributed by atoms with Crippen molar-refractivity contribution in [1.82, 2.24) is 0 Å². The van der Waals surface area contributed by atoms with E-state index in [1.807, 2.05) is 24.3 Å². The summed E-state index contributed by atoms with van der Waals surface area (Å²) in [5, 5.41) is 3.75. The van der Waals surface area contributed by atoms with Crippen LogP contribution in [0.5, 0.6) is 0 Å². The molecule has 0 aliphatic heterocycles. The minimum atomic E-state index is -0.805. The van der Waals surface area contributed by atoms with Crippen LogP contribution in [0.2, 0.25) is 0 Å². The molecule has 0 radical (unpaired) electrons. The standard InChI is InChI=1S/C32H27O4P/c1-35-31(33)29-27-23-15-9-10-16-24(23)28(30(29)32(34)36-2)26-19-22(17-18-25(26)27)37(20-11-5-3-6-12-20)21-13-7-4-8-14-21/h3-19,27-30H,1-2H3/t27?,28?,29-,30-/m1/s1. The third-order valence-corrected chi connectivity index (χ3v) is 10.2. The molecule has 2 unspecified atom stereocenters. The molecular weight excluding hydrogens is 479 g/mol. The number of rotatable bonds is 5. The third kappa shape index (κ3) is 3.79. The Balaban J connectivity index is 1.57. The smallest absolute Gasteiger partial charge is 0.310 e. The van der Waals surface area contributed by atoms with Gasteiger partial charge in [0.1, 0.15) is 0 Å². The van der Waals surface area contributed by atoms with Crippen LogP contribution in [-0.2, 0) is 19.1 Å². The molecule has 0 amide bonds. The zero-order valence-electron chi connectivity index (χ0n) is 20.7. The van der Waals surface area contributed by atoms with Gasteiger partial charge in [0.05, 0.1) is 26.1 Å². The van der Waals surface area contributed by atoms with E-state index in [1.54, 1.807) is 0 Å². The maximum atomic E-state index is 13.2. The summed E-state index contributed by atoms with van der Waals surface area (Å²) >= 11 is 0. The van der Waals surface area contributed by atoms with Crippen molar-refractivity contribution in [2.75, 3.05) is 14.2 Å². The second-order valence-electron chi connectivity index (χ2n) is 9.50. The van der Waals surface area contributed by atoms with Crippen LogP contribution in [0, 0.1) is 11.8 Å². The van der Waals surface area contributed by atoms with Gasteiger partial charge in [0.2, 0.25) is 0 Å². The SMILES string of the molecule is COC(=O)[C@@H]1C2c3ccccc3C(c3cc(P(c4ccccc4)c4ccccc4)ccc32)[C@H]1C(=O)OC. The molecule has 2 bridgehead atoms. The molecule has 0 spiro atoms. The van der Waals surface area contributed by atoms with E-state index in [0.29, 0.717) is 0 Å². The number of carbonyl (C=O) groups excluding carboxylic acids is 2. The first-order valence-corrected chi connectivity index (χ1v) is 13.8. The summed E-state index contributed by atoms with van der Waals surface area (Å²) in [6, 6.07) is 36.0. The minimum absolute atomic E-state index is 0.263. The zero-order valence-corrected chi connectivity index (χ0v) is 21.6. The lowest BCUT2D eigenvalue weighted by molar-refractivity contribution is -0.160. The number of ether oxygens (including phenoxy) is 2. The Morgan fingerprint density at radius 1 is 0.541 bits per heavy atom. The van der Waals surface area contributed by atoms with E-state index in [1.165, 1.54) is 30.1 Å². The summed E-state index contributed by atoms with van der Waals surface area (Å²) in [7, 11) is 1.98. The van der Waals surface area contributed by atoms with Gasteiger partial charge in [0, 0.05) is 11.8 Å². The van der Waals surface area contributed by atoms with Crippen LogP contribution < -0.4 is 15.9 Å². The first-order chi connectivity index (χ1) is 18.1. The van der Waals surface area contributed by atoms with Gasteiger partial charge in [-0.15, -0.1) is 0 Å². The van der Waals surface area contributed by atoms with Gasteiger partial charge in [-0.3, -0.25) is 9.59 Å². The molecule has 3 aliphatic carbocycles. The Kier molecular flexibility index (Phi) is 6.14. The van der Waals surface area contributed by atoms with Crippen LogP contribution in [0.25, 0.3) is 0 Å². The molecule has 0 aromatic heterocycles. The van der Waals surface area contributed by atoms with Gasteiger partial charge in [0.15, 0.2) is 0 Å². The average molecular weight is 507 g/mol. The van der Waals surface area contributed by atoms with E-state index in [9.17, 15) is 9.59 Å². The fraction of sp³-hybridized carbons (Fsp3) is 0.188. The van der Waals surface area contributed by atoms with Crippen LogP contribution in [0.4, 0.5) is 0 Å². The lowest BCUT2D eigenvalue weighted by atomic mass is 9.54. The first-order valence-electron chi connectivity index (χ1n) is 12.4. The van der Waals surface area contributed by atoms with Crippen LogP contribution in [-0.4, -0.2) is 26.2 Å². The molecule has 4 aromatic rings. The lowest BCUT2D eigenvalue weighted by Gasteiger charge is -2.48. The predicted molar refractivity (Wildman–Crippen MR) is 146 cm³/mol. The van der Waals surface area contributed by atoms with Crippen molar-refractivity contribution in [3.63, 3.8) is 0 Å². The van der Waals surface area contributed by atoms with E-state index in [0.717, 1.165) is 22.3 Å². The molecule has 0 fully saturated rings. The van der Waals surface area contributed by atoms with Crippen LogP contribution in [0.15, 0.2) is 103 Å². The molecule has 5 heteroatoms. The van der Waals surface area contributed by atoms with Gasteiger partial charge < -0.3 is 9.47 Å². The Morgan fingerprint density at radius 3 is 1.46 bits per heavy atom. The Morgan fingerprint density at radius 2 is 0.973 bits per heavy atom. The second kappa shape index (κ2) is 9.61. The number of hydrogen-bond acceptors (Lipinski definition) is 4. The van der Waals surface area contributed by atoms with Crippen molar-refractivity contribution in [2.45, 2.75) is 11.8 Å². The summed E-state index contributed by atoms with van der Waals surface area (Å²) in [4.78, 5) is 26.4. The number of hydrogen-bond donors (Lipinski definition) is 0. The summed E-state index contributed by atoms with van der Waals surface area (Å²) in [5.41, 5.74) is 4.39. The van der Waals surface area contributed by atoms with E-state index in [2.05, 4.69) is 78.9 Å². The molecule has 0 saturated carbocycles. The molecule has 4 nitrogen and oxygen atoms in total. The maximum absolute atomic E-state index is 13.2. The Bertz CT molecular complexity index is 1430. The Hall–Kier alpha value is -3.75. The molecule has 7 rings (SSSR count). The van der Waals surface area contributed by atoms with Crippen LogP contribution >= 0.6 is 7.92 Å². The van der Waals surface area contributed by atoms with Crippen LogP contribution in [0.3, 0.4) is 0 Å². The monoisotopic (exact) mass is 506 g/mol. The van der Waals surface area contributed by atoms with Crippen molar-refractivity contribution in [3.05, 3.63) is 125 Å². The molecule has 0 N–H and O–H groups in total. The largest absolute Gasteiger partial charge is 0.469 e. The van der Waals surface area contributed by atoms with Gasteiger partial charge in [-0.1, -0.05) is 97.1 Å². The van der Waals surface area contributed by atoms with E-state index < -0.39 is 19.8 Å². The zero-order chi connectivity index (χ0) is 25.5. The van der Waals surface area contributed by atoms with Gasteiger partial charge in [-0.25, -0.2) is 0 Å². The van der Waals surface area contributed by atoms with Crippen LogP contribution in [0.1, 0.15) is 34.1 Å². The first kappa shape index (κ1) is 23.6. The highest BCUT2D eigenvalue weighted by Gasteiger charge is 2.56. The fourth-order valence-corrected chi connectivity index (χ4v) is 8.62. The third-order valence-electron chi connectivity index (χ3n) is 7.75. The predicted octanol–water partition coefficient (Wildman–Crippen LogP) is 4.61. The summed E-state index contributed by atoms with van der Waals surface area (Å²) in [6.45, 7) is 0. The normalized spacial score (nSPS) is 21.2. The van der Waals surface area contributed by atoms with E-state index in [-0.39, 0.29) is 23.8 Å². The number of methoxy groups -OCH3 is 2. The van der Waals surface area contributed by atoms with E-state index in [4.69, 9.17) is 9.47 Å². The maximum Gasteiger partial charge on any atom is 0.310 e. The molecule has 0 heterocycles. The summed E-state index contributed by atoms with van der Waals surface area (Å²) < 4.78 is 10.5. The highest BCUT2D eigenvalue weighted by molar-refractivity contribution is 7.79. The molecular formula is C32H27O4P. The lowest BCUT2D eigenvalue weighted by Crippen LogP contribution is -2.48. The fourth-order valence-electron chi connectivity index (χ4n) is 6.29. The quantitative estimate of drug-likeness (QED) is 0.293. The van der Waals surface area contributed by atoms with Crippen molar-refractivity contribution < 1.29 is 19.1 Å². The molecule has 4 aromatic carbocycles. The molecule has 0 saturated heterocycles. The Labute approximate surface area is 218 Å². The van der Waals surface area contributed by atoms with Crippen molar-refractivity contribution >= 4 is 35.8 Å². The molecule has 4 atom stereocenters. The summed E-state index contributed by atoms with van der Waals surface area (Å²) in [6.07, 6.45) is 0. The molecule has 184 valence electrons. The van der Waals surface area contributed by atoms with E-state index >= 15 is 0 Å². The summed E-state index contributed by atoms with van der Waals surface area (Å²) in [5.74, 6) is -2.55. The minimum Gasteiger partial charge on any atom is -0.469 e. The van der Waals surface area contributed by atoms with Crippen molar-refractivity contribution in [3.8, 4) is 0 Å². The average Bonchev–Trinajstić information content (AvgIpc) is 2.97. The highest BCUT2D eigenvalue weighted by atomic mass is 31.1. The number of carbonyl (C=O) groups is 2. The number of benzene rings is 4. The van der Waals surface area contributed by atoms with Gasteiger partial charge in [0.25, 0.3) is 0 Å². The van der Waals surface area contributed by atoms with Crippen molar-refractivity contribution in [1.29, 1.82) is 0 Å². The number of esters is 2.